The Morgan fingerprint density at radius 3 is 2.54 bits per heavy atom. The molecule has 26 heavy (non-hydrogen) atoms. The lowest BCUT2D eigenvalue weighted by Crippen LogP contribution is -2.33. The Labute approximate surface area is 154 Å². The molecule has 0 aliphatic carbocycles. The number of benzene rings is 1. The van der Waals surface area contributed by atoms with E-state index >= 15 is 0 Å². The fraction of sp³-hybridized carbons (Fsp3) is 0.353. The van der Waals surface area contributed by atoms with Crippen LogP contribution in [-0.4, -0.2) is 44.6 Å². The van der Waals surface area contributed by atoms with Crippen molar-refractivity contribution in [2.45, 2.75) is 19.0 Å². The summed E-state index contributed by atoms with van der Waals surface area (Å²) in [6.45, 7) is 3.19. The molecule has 2 aromatic rings. The Kier molecular flexibility index (Phi) is 6.62. The first kappa shape index (κ1) is 19.8. The smallest absolute Gasteiger partial charge is 0.322 e. The van der Waals surface area contributed by atoms with Gasteiger partial charge >= 0.3 is 5.97 Å². The van der Waals surface area contributed by atoms with Crippen molar-refractivity contribution in [3.05, 3.63) is 30.1 Å². The molecule has 0 fully saturated rings. The second kappa shape index (κ2) is 8.70. The SMILES string of the molecule is CCOC(=O)[C@@H](C(C)=N)C(=O)CSc1nnc(-c2ccc(F)cc2)n1C. The van der Waals surface area contributed by atoms with Crippen LogP contribution >= 0.6 is 11.8 Å². The molecule has 1 atom stereocenters. The molecular formula is C17H19FN4O3S. The number of hydrogen-bond donors (Lipinski definition) is 1. The first-order valence-electron chi connectivity index (χ1n) is 7.87. The average molecular weight is 378 g/mol. The highest BCUT2D eigenvalue weighted by atomic mass is 32.2. The molecule has 0 bridgehead atoms. The van der Waals surface area contributed by atoms with Gasteiger partial charge in [0.15, 0.2) is 22.7 Å². The van der Waals surface area contributed by atoms with Crippen LogP contribution in [0.15, 0.2) is 29.4 Å². The zero-order valence-electron chi connectivity index (χ0n) is 14.7. The molecule has 0 saturated heterocycles. The van der Waals surface area contributed by atoms with Gasteiger partial charge in [-0.05, 0) is 38.1 Å². The van der Waals surface area contributed by atoms with Crippen LogP contribution < -0.4 is 0 Å². The second-order valence-corrected chi connectivity index (χ2v) is 6.44. The molecular weight excluding hydrogens is 359 g/mol. The third-order valence-corrected chi connectivity index (χ3v) is 4.60. The zero-order valence-corrected chi connectivity index (χ0v) is 15.5. The Hall–Kier alpha value is -2.55. The maximum Gasteiger partial charge on any atom is 0.322 e. The lowest BCUT2D eigenvalue weighted by atomic mass is 10.0. The van der Waals surface area contributed by atoms with Crippen molar-refractivity contribution in [3.8, 4) is 11.4 Å². The minimum Gasteiger partial charge on any atom is -0.465 e. The molecule has 0 amide bonds. The first-order valence-corrected chi connectivity index (χ1v) is 8.86. The van der Waals surface area contributed by atoms with Gasteiger partial charge in [-0.2, -0.15) is 0 Å². The third-order valence-electron chi connectivity index (χ3n) is 3.56. The predicted octanol–water partition coefficient (Wildman–Crippen LogP) is 2.50. The summed E-state index contributed by atoms with van der Waals surface area (Å²) in [5.74, 6) is -2.20. The minimum atomic E-state index is -1.20. The lowest BCUT2D eigenvalue weighted by Gasteiger charge is -2.12. The molecule has 7 nitrogen and oxygen atoms in total. The van der Waals surface area contributed by atoms with Gasteiger partial charge in [0.05, 0.1) is 12.4 Å². The standard InChI is InChI=1S/C17H19FN4O3S/c1-4-25-16(24)14(10(2)19)13(23)9-26-17-21-20-15(22(17)3)11-5-7-12(18)8-6-11/h5-8,14,19H,4,9H2,1-3H3/t14-/m0/s1. The molecule has 1 N–H and O–H groups in total. The van der Waals surface area contributed by atoms with E-state index in [0.717, 1.165) is 11.8 Å². The number of ether oxygens (including phenoxy) is 1. The summed E-state index contributed by atoms with van der Waals surface area (Å²) in [6, 6.07) is 5.84. The van der Waals surface area contributed by atoms with Gasteiger partial charge < -0.3 is 14.7 Å². The number of carbonyl (C=O) groups excluding carboxylic acids is 2. The first-order chi connectivity index (χ1) is 12.3. The van der Waals surface area contributed by atoms with Gasteiger partial charge in [0.1, 0.15) is 5.82 Å². The van der Waals surface area contributed by atoms with E-state index in [1.54, 1.807) is 30.7 Å². The molecule has 1 heterocycles. The number of nitrogens with one attached hydrogen (secondary N) is 1. The van der Waals surface area contributed by atoms with Gasteiger partial charge in [0.25, 0.3) is 0 Å². The summed E-state index contributed by atoms with van der Waals surface area (Å²) in [6.07, 6.45) is 0. The number of hydrogen-bond acceptors (Lipinski definition) is 7. The average Bonchev–Trinajstić information content (AvgIpc) is 2.94. The van der Waals surface area contributed by atoms with Gasteiger partial charge in [-0.25, -0.2) is 4.39 Å². The quantitative estimate of drug-likeness (QED) is 0.328. The van der Waals surface area contributed by atoms with Crippen molar-refractivity contribution in [2.24, 2.45) is 13.0 Å². The van der Waals surface area contributed by atoms with Crippen molar-refractivity contribution in [3.63, 3.8) is 0 Å². The Morgan fingerprint density at radius 1 is 1.31 bits per heavy atom. The van der Waals surface area contributed by atoms with Gasteiger partial charge in [0, 0.05) is 18.3 Å². The van der Waals surface area contributed by atoms with E-state index in [-0.39, 0.29) is 23.9 Å². The van der Waals surface area contributed by atoms with Gasteiger partial charge in [-0.3, -0.25) is 9.59 Å². The topological polar surface area (TPSA) is 97.9 Å². The molecule has 0 aliphatic heterocycles. The molecule has 2 rings (SSSR count). The highest BCUT2D eigenvalue weighted by Gasteiger charge is 2.30. The molecule has 138 valence electrons. The van der Waals surface area contributed by atoms with Crippen molar-refractivity contribution in [1.82, 2.24) is 14.8 Å². The number of esters is 1. The van der Waals surface area contributed by atoms with Crippen LogP contribution in [0.5, 0.6) is 0 Å². The van der Waals surface area contributed by atoms with Crippen LogP contribution in [0, 0.1) is 17.1 Å². The fourth-order valence-corrected chi connectivity index (χ4v) is 3.10. The zero-order chi connectivity index (χ0) is 19.3. The second-order valence-electron chi connectivity index (χ2n) is 5.50. The molecule has 1 aromatic heterocycles. The monoisotopic (exact) mass is 378 g/mol. The van der Waals surface area contributed by atoms with Crippen LogP contribution in [0.3, 0.4) is 0 Å². The largest absolute Gasteiger partial charge is 0.465 e. The summed E-state index contributed by atoms with van der Waals surface area (Å²) in [7, 11) is 1.73. The number of ketones is 1. The predicted molar refractivity (Wildman–Crippen MR) is 95.7 cm³/mol. The molecule has 0 aliphatic rings. The highest BCUT2D eigenvalue weighted by molar-refractivity contribution is 7.99. The number of rotatable bonds is 8. The van der Waals surface area contributed by atoms with Crippen molar-refractivity contribution < 1.29 is 18.7 Å². The van der Waals surface area contributed by atoms with Gasteiger partial charge in [-0.15, -0.1) is 10.2 Å². The van der Waals surface area contributed by atoms with Crippen molar-refractivity contribution >= 4 is 29.2 Å². The van der Waals surface area contributed by atoms with Crippen molar-refractivity contribution in [1.29, 1.82) is 5.41 Å². The van der Waals surface area contributed by atoms with Crippen LogP contribution in [0.25, 0.3) is 11.4 Å². The third kappa shape index (κ3) is 4.54. The van der Waals surface area contributed by atoms with E-state index < -0.39 is 17.7 Å². The van der Waals surface area contributed by atoms with E-state index in [9.17, 15) is 14.0 Å². The molecule has 0 unspecified atom stereocenters. The van der Waals surface area contributed by atoms with Crippen LogP contribution in [-0.2, 0) is 21.4 Å². The lowest BCUT2D eigenvalue weighted by molar-refractivity contribution is -0.148. The number of thioether (sulfide) groups is 1. The summed E-state index contributed by atoms with van der Waals surface area (Å²) in [5.41, 5.74) is 0.637. The number of Topliss-reactive ketones (excluding diaryl/α,β-unsaturated/α-hetero) is 1. The number of carbonyl (C=O) groups is 2. The van der Waals surface area contributed by atoms with E-state index in [0.29, 0.717) is 16.5 Å². The fourth-order valence-electron chi connectivity index (χ4n) is 2.29. The molecule has 0 saturated carbocycles. The van der Waals surface area contributed by atoms with Crippen LogP contribution in [0.4, 0.5) is 4.39 Å². The highest BCUT2D eigenvalue weighted by Crippen LogP contribution is 2.23. The van der Waals surface area contributed by atoms with Crippen LogP contribution in [0.2, 0.25) is 0 Å². The van der Waals surface area contributed by atoms with E-state index in [4.69, 9.17) is 10.1 Å². The number of halogens is 1. The molecule has 1 aromatic carbocycles. The molecule has 0 radical (unpaired) electrons. The van der Waals surface area contributed by atoms with E-state index in [1.807, 2.05) is 0 Å². The molecule has 9 heteroatoms. The summed E-state index contributed by atoms with van der Waals surface area (Å²) >= 11 is 1.12. The van der Waals surface area contributed by atoms with Crippen molar-refractivity contribution in [2.75, 3.05) is 12.4 Å². The maximum atomic E-state index is 13.0. The Morgan fingerprint density at radius 2 is 1.96 bits per heavy atom. The van der Waals surface area contributed by atoms with Gasteiger partial charge in [0.2, 0.25) is 0 Å². The van der Waals surface area contributed by atoms with E-state index in [2.05, 4.69) is 10.2 Å². The number of aromatic nitrogens is 3. The summed E-state index contributed by atoms with van der Waals surface area (Å²) in [4.78, 5) is 24.2. The minimum absolute atomic E-state index is 0.0465. The number of nitrogens with zero attached hydrogens (tertiary/aromatic N) is 3. The Balaban J connectivity index is 2.09. The Bertz CT molecular complexity index is 820. The normalized spacial score (nSPS) is 11.8. The summed E-state index contributed by atoms with van der Waals surface area (Å²) < 4.78 is 19.6. The van der Waals surface area contributed by atoms with Gasteiger partial charge in [-0.1, -0.05) is 11.8 Å². The maximum absolute atomic E-state index is 13.0. The molecule has 0 spiro atoms. The van der Waals surface area contributed by atoms with Crippen LogP contribution in [0.1, 0.15) is 13.8 Å². The van der Waals surface area contributed by atoms with E-state index in [1.165, 1.54) is 19.1 Å². The summed E-state index contributed by atoms with van der Waals surface area (Å²) in [5, 5.41) is 16.2.